The highest BCUT2D eigenvalue weighted by molar-refractivity contribution is 5.12. The van der Waals surface area contributed by atoms with Gasteiger partial charge in [-0.1, -0.05) is 0 Å². The van der Waals surface area contributed by atoms with Gasteiger partial charge in [0.05, 0.1) is 12.3 Å². The molecular formula is C9H15N3O. The van der Waals surface area contributed by atoms with Crippen molar-refractivity contribution in [2.24, 2.45) is 0 Å². The molecule has 0 bridgehead atoms. The zero-order valence-electron chi connectivity index (χ0n) is 7.77. The summed E-state index contributed by atoms with van der Waals surface area (Å²) < 4.78 is 1.90. The van der Waals surface area contributed by atoms with Crippen LogP contribution in [0.25, 0.3) is 0 Å². The van der Waals surface area contributed by atoms with E-state index in [1.807, 2.05) is 17.1 Å². The van der Waals surface area contributed by atoms with Gasteiger partial charge in [0.2, 0.25) is 0 Å². The first-order valence-corrected chi connectivity index (χ1v) is 4.73. The molecule has 0 amide bonds. The van der Waals surface area contributed by atoms with Crippen LogP contribution in [-0.2, 0) is 6.54 Å². The average molecular weight is 181 g/mol. The summed E-state index contributed by atoms with van der Waals surface area (Å²) in [5, 5.41) is 16.8. The molecule has 2 atom stereocenters. The van der Waals surface area contributed by atoms with Gasteiger partial charge in [0.25, 0.3) is 0 Å². The standard InChI is InChI=1S/C9H15N3O/c1-2-12-6-7(4-11-12)9-3-8(13)5-10-9/h4,6,8-10,13H,2-3,5H2,1H3. The highest BCUT2D eigenvalue weighted by atomic mass is 16.3. The van der Waals surface area contributed by atoms with E-state index in [1.165, 1.54) is 5.56 Å². The second-order valence-corrected chi connectivity index (χ2v) is 3.48. The van der Waals surface area contributed by atoms with Crippen molar-refractivity contribution in [3.8, 4) is 0 Å². The molecular weight excluding hydrogens is 166 g/mol. The molecule has 1 aromatic rings. The van der Waals surface area contributed by atoms with Gasteiger partial charge < -0.3 is 10.4 Å². The van der Waals surface area contributed by atoms with E-state index in [0.29, 0.717) is 6.54 Å². The minimum Gasteiger partial charge on any atom is -0.392 e. The van der Waals surface area contributed by atoms with Gasteiger partial charge in [-0.05, 0) is 13.3 Å². The largest absolute Gasteiger partial charge is 0.392 e. The van der Waals surface area contributed by atoms with Crippen molar-refractivity contribution in [3.05, 3.63) is 18.0 Å². The highest BCUT2D eigenvalue weighted by Crippen LogP contribution is 2.22. The van der Waals surface area contributed by atoms with Crippen LogP contribution in [0.1, 0.15) is 24.9 Å². The van der Waals surface area contributed by atoms with Crippen molar-refractivity contribution >= 4 is 0 Å². The third kappa shape index (κ3) is 1.73. The lowest BCUT2D eigenvalue weighted by atomic mass is 10.1. The molecule has 0 spiro atoms. The molecule has 4 nitrogen and oxygen atoms in total. The number of hydrogen-bond donors (Lipinski definition) is 2. The molecule has 1 fully saturated rings. The maximum atomic E-state index is 9.34. The van der Waals surface area contributed by atoms with E-state index in [4.69, 9.17) is 0 Å². The Morgan fingerprint density at radius 1 is 1.77 bits per heavy atom. The molecule has 2 N–H and O–H groups in total. The number of hydrogen-bond acceptors (Lipinski definition) is 3. The first kappa shape index (κ1) is 8.72. The fourth-order valence-electron chi connectivity index (χ4n) is 1.70. The van der Waals surface area contributed by atoms with E-state index in [0.717, 1.165) is 13.0 Å². The van der Waals surface area contributed by atoms with E-state index >= 15 is 0 Å². The fraction of sp³-hybridized carbons (Fsp3) is 0.667. The fourth-order valence-corrected chi connectivity index (χ4v) is 1.70. The third-order valence-electron chi connectivity index (χ3n) is 2.49. The third-order valence-corrected chi connectivity index (χ3v) is 2.49. The number of β-amino-alcohol motifs (C(OH)–C–C–N with tert-alkyl or cyclic N) is 1. The lowest BCUT2D eigenvalue weighted by Gasteiger charge is -2.05. The van der Waals surface area contributed by atoms with Crippen LogP contribution in [0.3, 0.4) is 0 Å². The SMILES string of the molecule is CCn1cc(C2CC(O)CN2)cn1. The van der Waals surface area contributed by atoms with Crippen molar-refractivity contribution in [1.29, 1.82) is 0 Å². The second kappa shape index (κ2) is 3.47. The maximum absolute atomic E-state index is 9.34. The molecule has 2 unspecified atom stereocenters. The number of nitrogens with one attached hydrogen (secondary N) is 1. The Balaban J connectivity index is 2.08. The minimum atomic E-state index is -0.199. The number of rotatable bonds is 2. The van der Waals surface area contributed by atoms with Gasteiger partial charge >= 0.3 is 0 Å². The number of aliphatic hydroxyl groups is 1. The molecule has 72 valence electrons. The molecule has 1 aliphatic heterocycles. The van der Waals surface area contributed by atoms with E-state index in [-0.39, 0.29) is 12.1 Å². The Hall–Kier alpha value is -0.870. The average Bonchev–Trinajstić information content (AvgIpc) is 2.71. The number of nitrogens with zero attached hydrogens (tertiary/aromatic N) is 2. The molecule has 0 aromatic carbocycles. The molecule has 0 radical (unpaired) electrons. The molecule has 0 saturated carbocycles. The van der Waals surface area contributed by atoms with Crippen LogP contribution in [0, 0.1) is 0 Å². The Morgan fingerprint density at radius 2 is 2.62 bits per heavy atom. The quantitative estimate of drug-likeness (QED) is 0.690. The van der Waals surface area contributed by atoms with Gasteiger partial charge in [-0.15, -0.1) is 0 Å². The first-order chi connectivity index (χ1) is 6.29. The smallest absolute Gasteiger partial charge is 0.0683 e. The molecule has 1 aliphatic rings. The minimum absolute atomic E-state index is 0.199. The molecule has 2 heterocycles. The predicted molar refractivity (Wildman–Crippen MR) is 49.3 cm³/mol. The van der Waals surface area contributed by atoms with Crippen LogP contribution in [0.4, 0.5) is 0 Å². The molecule has 0 aliphatic carbocycles. The van der Waals surface area contributed by atoms with Crippen molar-refractivity contribution in [2.45, 2.75) is 32.0 Å². The van der Waals surface area contributed by atoms with Gasteiger partial charge in [-0.25, -0.2) is 0 Å². The van der Waals surface area contributed by atoms with Gasteiger partial charge in [0, 0.05) is 30.9 Å². The van der Waals surface area contributed by atoms with Gasteiger partial charge in [0.1, 0.15) is 0 Å². The summed E-state index contributed by atoms with van der Waals surface area (Å²) in [6.45, 7) is 3.66. The predicted octanol–water partition coefficient (Wildman–Crippen LogP) is 0.298. The zero-order chi connectivity index (χ0) is 9.26. The molecule has 1 aromatic heterocycles. The molecule has 4 heteroatoms. The van der Waals surface area contributed by atoms with Gasteiger partial charge in [-0.2, -0.15) is 5.10 Å². The summed E-state index contributed by atoms with van der Waals surface area (Å²) >= 11 is 0. The Morgan fingerprint density at radius 3 is 3.15 bits per heavy atom. The number of aromatic nitrogens is 2. The van der Waals surface area contributed by atoms with Crippen LogP contribution in [0.15, 0.2) is 12.4 Å². The number of aryl methyl sites for hydroxylation is 1. The summed E-state index contributed by atoms with van der Waals surface area (Å²) in [7, 11) is 0. The lowest BCUT2D eigenvalue weighted by molar-refractivity contribution is 0.193. The van der Waals surface area contributed by atoms with Crippen molar-refractivity contribution in [3.63, 3.8) is 0 Å². The van der Waals surface area contributed by atoms with E-state index in [1.54, 1.807) is 0 Å². The Kier molecular flexibility index (Phi) is 2.33. The van der Waals surface area contributed by atoms with Crippen molar-refractivity contribution in [1.82, 2.24) is 15.1 Å². The molecule has 2 rings (SSSR count). The number of aliphatic hydroxyl groups excluding tert-OH is 1. The van der Waals surface area contributed by atoms with Crippen LogP contribution in [0.2, 0.25) is 0 Å². The summed E-state index contributed by atoms with van der Waals surface area (Å²) in [6.07, 6.45) is 4.51. The first-order valence-electron chi connectivity index (χ1n) is 4.73. The second-order valence-electron chi connectivity index (χ2n) is 3.48. The lowest BCUT2D eigenvalue weighted by Crippen LogP contribution is -2.14. The van der Waals surface area contributed by atoms with Crippen LogP contribution >= 0.6 is 0 Å². The molecule has 1 saturated heterocycles. The zero-order valence-corrected chi connectivity index (χ0v) is 7.77. The van der Waals surface area contributed by atoms with E-state index in [2.05, 4.69) is 17.3 Å². The maximum Gasteiger partial charge on any atom is 0.0683 e. The van der Waals surface area contributed by atoms with Gasteiger partial charge in [-0.3, -0.25) is 4.68 Å². The van der Waals surface area contributed by atoms with Crippen LogP contribution in [0.5, 0.6) is 0 Å². The monoisotopic (exact) mass is 181 g/mol. The summed E-state index contributed by atoms with van der Waals surface area (Å²) in [5.41, 5.74) is 1.18. The summed E-state index contributed by atoms with van der Waals surface area (Å²) in [4.78, 5) is 0. The Bertz CT molecular complexity index is 284. The Labute approximate surface area is 77.6 Å². The summed E-state index contributed by atoms with van der Waals surface area (Å²) in [5.74, 6) is 0. The van der Waals surface area contributed by atoms with Crippen LogP contribution in [-0.4, -0.2) is 27.5 Å². The topological polar surface area (TPSA) is 50.1 Å². The van der Waals surface area contributed by atoms with Crippen molar-refractivity contribution < 1.29 is 5.11 Å². The van der Waals surface area contributed by atoms with E-state index in [9.17, 15) is 5.11 Å². The summed E-state index contributed by atoms with van der Waals surface area (Å²) in [6, 6.07) is 0.287. The highest BCUT2D eigenvalue weighted by Gasteiger charge is 2.24. The normalized spacial score (nSPS) is 28.2. The van der Waals surface area contributed by atoms with Crippen LogP contribution < -0.4 is 5.32 Å². The molecule has 13 heavy (non-hydrogen) atoms. The van der Waals surface area contributed by atoms with Gasteiger partial charge in [0.15, 0.2) is 0 Å². The van der Waals surface area contributed by atoms with E-state index < -0.39 is 0 Å². The van der Waals surface area contributed by atoms with Crippen molar-refractivity contribution in [2.75, 3.05) is 6.54 Å².